The second kappa shape index (κ2) is 8.24. The number of aryl methyl sites for hydroxylation is 1. The van der Waals surface area contributed by atoms with E-state index in [2.05, 4.69) is 0 Å². The van der Waals surface area contributed by atoms with Crippen LogP contribution in [0.25, 0.3) is 0 Å². The monoisotopic (exact) mass is 384 g/mol. The number of aliphatic hydroxyl groups is 1. The minimum absolute atomic E-state index is 0.0423. The molecule has 0 unspecified atom stereocenters. The Balaban J connectivity index is 1.90. The Morgan fingerprint density at radius 3 is 2.26 bits per heavy atom. The fraction of sp³-hybridized carbons (Fsp3) is 0.143. The van der Waals surface area contributed by atoms with Crippen molar-refractivity contribution in [1.82, 2.24) is 0 Å². The first-order valence-corrected chi connectivity index (χ1v) is 9.81. The molecule has 0 atom stereocenters. The highest BCUT2D eigenvalue weighted by atomic mass is 32.2. The van der Waals surface area contributed by atoms with E-state index in [1.165, 1.54) is 12.1 Å². The molecule has 5 nitrogen and oxygen atoms in total. The summed E-state index contributed by atoms with van der Waals surface area (Å²) >= 11 is 0. The van der Waals surface area contributed by atoms with Crippen LogP contribution in [0.15, 0.2) is 77.7 Å². The molecule has 0 aliphatic rings. The van der Waals surface area contributed by atoms with Crippen LogP contribution >= 0.6 is 0 Å². The maximum atomic E-state index is 12.7. The Hall–Kier alpha value is -2.83. The standard InChI is InChI=1S/C21H20O5S/c1-16-7-5-6-10-21(16)27(23,24)26-20-13-18(14-22)11-12-19(20)25-15-17-8-3-2-4-9-17/h2-13,22H,14-15H2,1H3. The number of aliphatic hydroxyl groups excluding tert-OH is 1. The second-order valence-electron chi connectivity index (χ2n) is 6.02. The normalized spacial score (nSPS) is 11.2. The van der Waals surface area contributed by atoms with Crippen molar-refractivity contribution in [3.63, 3.8) is 0 Å². The van der Waals surface area contributed by atoms with Gasteiger partial charge in [-0.05, 0) is 41.8 Å². The Bertz CT molecular complexity index is 1010. The van der Waals surface area contributed by atoms with Gasteiger partial charge in [-0.2, -0.15) is 8.42 Å². The van der Waals surface area contributed by atoms with Crippen LogP contribution in [0.5, 0.6) is 11.5 Å². The molecular weight excluding hydrogens is 364 g/mol. The van der Waals surface area contributed by atoms with E-state index in [4.69, 9.17) is 8.92 Å². The molecule has 1 N–H and O–H groups in total. The van der Waals surface area contributed by atoms with E-state index >= 15 is 0 Å². The molecule has 0 spiro atoms. The van der Waals surface area contributed by atoms with Gasteiger partial charge in [0.05, 0.1) is 6.61 Å². The zero-order valence-corrected chi connectivity index (χ0v) is 15.6. The van der Waals surface area contributed by atoms with E-state index in [0.29, 0.717) is 11.1 Å². The maximum absolute atomic E-state index is 12.7. The lowest BCUT2D eigenvalue weighted by Gasteiger charge is -2.14. The van der Waals surface area contributed by atoms with Gasteiger partial charge < -0.3 is 14.0 Å². The van der Waals surface area contributed by atoms with E-state index in [-0.39, 0.29) is 29.6 Å². The lowest BCUT2D eigenvalue weighted by Crippen LogP contribution is -2.12. The van der Waals surface area contributed by atoms with Crippen LogP contribution in [0.3, 0.4) is 0 Å². The predicted octanol–water partition coefficient (Wildman–Crippen LogP) is 3.83. The fourth-order valence-electron chi connectivity index (χ4n) is 2.57. The van der Waals surface area contributed by atoms with Gasteiger partial charge in [0.2, 0.25) is 0 Å². The molecule has 0 aromatic heterocycles. The van der Waals surface area contributed by atoms with Crippen LogP contribution < -0.4 is 8.92 Å². The summed E-state index contributed by atoms with van der Waals surface area (Å²) < 4.78 is 36.5. The first kappa shape index (κ1) is 18.9. The molecular formula is C21H20O5S. The van der Waals surface area contributed by atoms with Crippen LogP contribution in [0.2, 0.25) is 0 Å². The number of hydrogen-bond acceptors (Lipinski definition) is 5. The number of ether oxygens (including phenoxy) is 1. The van der Waals surface area contributed by atoms with Crippen molar-refractivity contribution in [3.05, 3.63) is 89.5 Å². The van der Waals surface area contributed by atoms with Crippen molar-refractivity contribution in [2.45, 2.75) is 25.0 Å². The van der Waals surface area contributed by atoms with Gasteiger partial charge >= 0.3 is 10.1 Å². The topological polar surface area (TPSA) is 72.8 Å². The summed E-state index contributed by atoms with van der Waals surface area (Å²) in [6.07, 6.45) is 0. The molecule has 3 rings (SSSR count). The fourth-order valence-corrected chi connectivity index (χ4v) is 3.73. The number of benzene rings is 3. The van der Waals surface area contributed by atoms with Gasteiger partial charge in [0, 0.05) is 0 Å². The van der Waals surface area contributed by atoms with Crippen LogP contribution in [0.4, 0.5) is 0 Å². The van der Waals surface area contributed by atoms with E-state index in [0.717, 1.165) is 5.56 Å². The SMILES string of the molecule is Cc1ccccc1S(=O)(=O)Oc1cc(CO)ccc1OCc1ccccc1. The quantitative estimate of drug-likeness (QED) is 0.627. The van der Waals surface area contributed by atoms with E-state index in [1.54, 1.807) is 37.3 Å². The molecule has 3 aromatic rings. The van der Waals surface area contributed by atoms with Crippen molar-refractivity contribution < 1.29 is 22.4 Å². The van der Waals surface area contributed by atoms with E-state index < -0.39 is 10.1 Å². The number of hydrogen-bond donors (Lipinski definition) is 1. The highest BCUT2D eigenvalue weighted by Crippen LogP contribution is 2.32. The molecule has 0 fully saturated rings. The summed E-state index contributed by atoms with van der Waals surface area (Å²) in [5, 5.41) is 9.37. The van der Waals surface area contributed by atoms with Crippen LogP contribution in [-0.4, -0.2) is 13.5 Å². The molecule has 0 radical (unpaired) electrons. The number of rotatable bonds is 7. The average molecular weight is 384 g/mol. The zero-order chi connectivity index (χ0) is 19.3. The first-order chi connectivity index (χ1) is 13.0. The van der Waals surface area contributed by atoms with E-state index in [9.17, 15) is 13.5 Å². The van der Waals surface area contributed by atoms with Gasteiger partial charge in [-0.15, -0.1) is 0 Å². The minimum atomic E-state index is -4.04. The van der Waals surface area contributed by atoms with Gasteiger partial charge in [-0.25, -0.2) is 0 Å². The van der Waals surface area contributed by atoms with Gasteiger partial charge in [0.1, 0.15) is 11.5 Å². The molecule has 0 amide bonds. The maximum Gasteiger partial charge on any atom is 0.339 e. The molecule has 0 saturated carbocycles. The van der Waals surface area contributed by atoms with E-state index in [1.807, 2.05) is 30.3 Å². The molecule has 6 heteroatoms. The zero-order valence-electron chi connectivity index (χ0n) is 14.8. The van der Waals surface area contributed by atoms with Gasteiger partial charge in [-0.1, -0.05) is 54.6 Å². The third-order valence-corrected chi connectivity index (χ3v) is 5.39. The van der Waals surface area contributed by atoms with Gasteiger partial charge in [-0.3, -0.25) is 0 Å². The van der Waals surface area contributed by atoms with Gasteiger partial charge in [0.15, 0.2) is 11.5 Å². The molecule has 0 aliphatic heterocycles. The lowest BCUT2D eigenvalue weighted by atomic mass is 10.2. The average Bonchev–Trinajstić information content (AvgIpc) is 2.67. The van der Waals surface area contributed by atoms with Crippen LogP contribution in [0.1, 0.15) is 16.7 Å². The van der Waals surface area contributed by atoms with Crippen molar-refractivity contribution >= 4 is 10.1 Å². The highest BCUT2D eigenvalue weighted by molar-refractivity contribution is 7.87. The molecule has 27 heavy (non-hydrogen) atoms. The highest BCUT2D eigenvalue weighted by Gasteiger charge is 2.21. The van der Waals surface area contributed by atoms with Crippen molar-refractivity contribution in [1.29, 1.82) is 0 Å². The minimum Gasteiger partial charge on any atom is -0.485 e. The molecule has 0 saturated heterocycles. The Morgan fingerprint density at radius 1 is 0.852 bits per heavy atom. The molecule has 3 aromatic carbocycles. The van der Waals surface area contributed by atoms with Crippen LogP contribution in [0, 0.1) is 6.92 Å². The van der Waals surface area contributed by atoms with Gasteiger partial charge in [0.25, 0.3) is 0 Å². The third kappa shape index (κ3) is 4.67. The van der Waals surface area contributed by atoms with Crippen molar-refractivity contribution in [3.8, 4) is 11.5 Å². The summed E-state index contributed by atoms with van der Waals surface area (Å²) in [7, 11) is -4.04. The summed E-state index contributed by atoms with van der Waals surface area (Å²) in [5.41, 5.74) is 2.05. The Kier molecular flexibility index (Phi) is 5.78. The summed E-state index contributed by atoms with van der Waals surface area (Å²) in [5.74, 6) is 0.328. The second-order valence-corrected chi connectivity index (χ2v) is 7.53. The van der Waals surface area contributed by atoms with Crippen molar-refractivity contribution in [2.24, 2.45) is 0 Å². The third-order valence-electron chi connectivity index (χ3n) is 3.99. The summed E-state index contributed by atoms with van der Waals surface area (Å²) in [6, 6.07) is 20.8. The predicted molar refractivity (Wildman–Crippen MR) is 102 cm³/mol. The largest absolute Gasteiger partial charge is 0.485 e. The lowest BCUT2D eigenvalue weighted by molar-refractivity contribution is 0.278. The Labute approximate surface area is 158 Å². The molecule has 0 heterocycles. The summed E-state index contributed by atoms with van der Waals surface area (Å²) in [4.78, 5) is 0.0911. The summed E-state index contributed by atoms with van der Waals surface area (Å²) in [6.45, 7) is 1.73. The molecule has 0 bridgehead atoms. The molecule has 0 aliphatic carbocycles. The molecule has 140 valence electrons. The smallest absolute Gasteiger partial charge is 0.339 e. The first-order valence-electron chi connectivity index (χ1n) is 8.40. The van der Waals surface area contributed by atoms with Crippen molar-refractivity contribution in [2.75, 3.05) is 0 Å². The van der Waals surface area contributed by atoms with Crippen LogP contribution in [-0.2, 0) is 23.3 Å². The Morgan fingerprint density at radius 2 is 1.56 bits per heavy atom.